The van der Waals surface area contributed by atoms with Gasteiger partial charge in [0.25, 0.3) is 0 Å². The molecule has 0 aromatic rings. The largest absolute Gasteiger partial charge is 0.460 e. The fourth-order valence-electron chi connectivity index (χ4n) is 1.14. The molecule has 1 rings (SSSR count). The van der Waals surface area contributed by atoms with Crippen molar-refractivity contribution in [2.45, 2.75) is 18.9 Å². The monoisotopic (exact) mass is 177 g/mol. The lowest BCUT2D eigenvalue weighted by molar-refractivity contribution is -0.146. The third-order valence-electron chi connectivity index (χ3n) is 1.66. The Morgan fingerprint density at radius 1 is 1.73 bits per heavy atom. The first kappa shape index (κ1) is 8.81. The second-order valence-corrected chi connectivity index (χ2v) is 2.86. The van der Waals surface area contributed by atoms with Gasteiger partial charge in [-0.1, -0.05) is 0 Å². The van der Waals surface area contributed by atoms with Crippen molar-refractivity contribution in [1.29, 1.82) is 0 Å². The summed E-state index contributed by atoms with van der Waals surface area (Å²) in [7, 11) is 0. The molecule has 1 fully saturated rings. The summed E-state index contributed by atoms with van der Waals surface area (Å²) in [5, 5.41) is 3.14. The third-order valence-corrected chi connectivity index (χ3v) is 1.88. The first-order valence-corrected chi connectivity index (χ1v) is 4.32. The van der Waals surface area contributed by atoms with E-state index in [1.165, 1.54) is 0 Å². The number of carbonyl (C=O) groups is 1. The number of hydrogen-bond donors (Lipinski definition) is 1. The van der Waals surface area contributed by atoms with Crippen molar-refractivity contribution in [3.05, 3.63) is 0 Å². The van der Waals surface area contributed by atoms with Crippen molar-refractivity contribution in [1.82, 2.24) is 5.32 Å². The van der Waals surface area contributed by atoms with E-state index in [1.807, 2.05) is 0 Å². The van der Waals surface area contributed by atoms with Gasteiger partial charge in [0, 0.05) is 6.54 Å². The van der Waals surface area contributed by atoms with Gasteiger partial charge in [0.05, 0.1) is 0 Å². The molecule has 1 heterocycles. The van der Waals surface area contributed by atoms with Crippen molar-refractivity contribution in [3.8, 4) is 0 Å². The van der Waals surface area contributed by atoms with Crippen molar-refractivity contribution >= 4 is 17.6 Å². The summed E-state index contributed by atoms with van der Waals surface area (Å²) >= 11 is 5.28. The number of hydrogen-bond acceptors (Lipinski definition) is 3. The van der Waals surface area contributed by atoms with Gasteiger partial charge in [0.1, 0.15) is 12.0 Å². The lowest BCUT2D eigenvalue weighted by atomic mass is 10.1. The van der Waals surface area contributed by atoms with E-state index in [1.54, 1.807) is 0 Å². The molecule has 1 atom stereocenters. The van der Waals surface area contributed by atoms with Crippen LogP contribution in [-0.4, -0.2) is 31.0 Å². The number of piperidine rings is 1. The van der Waals surface area contributed by atoms with E-state index < -0.39 is 0 Å². The highest BCUT2D eigenvalue weighted by molar-refractivity contribution is 6.26. The van der Waals surface area contributed by atoms with E-state index in [2.05, 4.69) is 5.32 Å². The number of alkyl halides is 1. The fourth-order valence-corrected chi connectivity index (χ4v) is 1.20. The Labute approximate surface area is 71.1 Å². The van der Waals surface area contributed by atoms with Crippen LogP contribution in [0.4, 0.5) is 0 Å². The summed E-state index contributed by atoms with van der Waals surface area (Å²) in [4.78, 5) is 10.7. The molecular formula is C7H12ClNO2. The summed E-state index contributed by atoms with van der Waals surface area (Å²) < 4.78 is 5.01. The zero-order valence-electron chi connectivity index (χ0n) is 6.31. The van der Waals surface area contributed by atoms with Crippen LogP contribution in [0.25, 0.3) is 0 Å². The minimum atomic E-state index is -0.319. The Balaban J connectivity index is 2.19. The van der Waals surface area contributed by atoms with E-state index in [9.17, 15) is 4.79 Å². The van der Waals surface area contributed by atoms with Crippen LogP contribution in [-0.2, 0) is 9.53 Å². The molecule has 11 heavy (non-hydrogen) atoms. The first-order valence-electron chi connectivity index (χ1n) is 3.79. The molecule has 64 valence electrons. The van der Waals surface area contributed by atoms with E-state index in [-0.39, 0.29) is 18.0 Å². The zero-order chi connectivity index (χ0) is 8.10. The predicted molar refractivity (Wildman–Crippen MR) is 42.7 cm³/mol. The van der Waals surface area contributed by atoms with Gasteiger partial charge in [-0.25, -0.2) is 0 Å². The number of nitrogens with one attached hydrogen (secondary N) is 1. The SMILES string of the molecule is O=C(CCl)O[C@H]1CCCNC1. The maximum atomic E-state index is 10.7. The van der Waals surface area contributed by atoms with Crippen LogP contribution in [0.3, 0.4) is 0 Å². The molecule has 1 saturated heterocycles. The molecule has 0 aliphatic carbocycles. The van der Waals surface area contributed by atoms with E-state index in [0.717, 1.165) is 25.9 Å². The highest BCUT2D eigenvalue weighted by Crippen LogP contribution is 2.06. The highest BCUT2D eigenvalue weighted by Gasteiger charge is 2.16. The van der Waals surface area contributed by atoms with Gasteiger partial charge in [-0.15, -0.1) is 11.6 Å². The van der Waals surface area contributed by atoms with Crippen LogP contribution in [0, 0.1) is 0 Å². The lowest BCUT2D eigenvalue weighted by Crippen LogP contribution is -2.36. The van der Waals surface area contributed by atoms with Crippen LogP contribution in [0.5, 0.6) is 0 Å². The Morgan fingerprint density at radius 3 is 3.09 bits per heavy atom. The van der Waals surface area contributed by atoms with E-state index in [0.29, 0.717) is 0 Å². The molecular weight excluding hydrogens is 166 g/mol. The van der Waals surface area contributed by atoms with Crippen molar-refractivity contribution in [2.24, 2.45) is 0 Å². The van der Waals surface area contributed by atoms with Crippen LogP contribution >= 0.6 is 11.6 Å². The van der Waals surface area contributed by atoms with Crippen LogP contribution in [0.2, 0.25) is 0 Å². The standard InChI is InChI=1S/C7H12ClNO2/c8-4-7(10)11-6-2-1-3-9-5-6/h6,9H,1-5H2/t6-/m0/s1. The third kappa shape index (κ3) is 3.08. The van der Waals surface area contributed by atoms with Crippen LogP contribution in [0.15, 0.2) is 0 Å². The molecule has 3 nitrogen and oxygen atoms in total. The van der Waals surface area contributed by atoms with Gasteiger partial charge in [-0.05, 0) is 19.4 Å². The van der Waals surface area contributed by atoms with Crippen molar-refractivity contribution in [3.63, 3.8) is 0 Å². The average molecular weight is 178 g/mol. The molecule has 0 aromatic heterocycles. The van der Waals surface area contributed by atoms with E-state index >= 15 is 0 Å². The maximum Gasteiger partial charge on any atom is 0.321 e. The molecule has 0 saturated carbocycles. The topological polar surface area (TPSA) is 38.3 Å². The molecule has 0 aromatic carbocycles. The minimum absolute atomic E-state index is 0.0370. The van der Waals surface area contributed by atoms with Gasteiger partial charge in [0.15, 0.2) is 0 Å². The molecule has 1 aliphatic rings. The molecule has 0 spiro atoms. The molecule has 0 bridgehead atoms. The Bertz CT molecular complexity index is 134. The lowest BCUT2D eigenvalue weighted by Gasteiger charge is -2.22. The van der Waals surface area contributed by atoms with Gasteiger partial charge >= 0.3 is 5.97 Å². The van der Waals surface area contributed by atoms with Gasteiger partial charge < -0.3 is 10.1 Å². The average Bonchev–Trinajstić information content (AvgIpc) is 2.06. The number of carbonyl (C=O) groups excluding carboxylic acids is 1. The Morgan fingerprint density at radius 2 is 2.55 bits per heavy atom. The Kier molecular flexibility index (Phi) is 3.66. The summed E-state index contributed by atoms with van der Waals surface area (Å²) in [5.41, 5.74) is 0. The van der Waals surface area contributed by atoms with Crippen molar-refractivity contribution in [2.75, 3.05) is 19.0 Å². The fraction of sp³-hybridized carbons (Fsp3) is 0.857. The summed E-state index contributed by atoms with van der Waals surface area (Å²) in [5.74, 6) is -0.364. The predicted octanol–water partition coefficient (Wildman–Crippen LogP) is 0.520. The van der Waals surface area contributed by atoms with Gasteiger partial charge in [-0.2, -0.15) is 0 Å². The molecule has 0 amide bonds. The zero-order valence-corrected chi connectivity index (χ0v) is 7.06. The van der Waals surface area contributed by atoms with Crippen molar-refractivity contribution < 1.29 is 9.53 Å². The first-order chi connectivity index (χ1) is 5.33. The van der Waals surface area contributed by atoms with E-state index in [4.69, 9.17) is 16.3 Å². The van der Waals surface area contributed by atoms with Crippen LogP contribution < -0.4 is 5.32 Å². The Hall–Kier alpha value is -0.280. The van der Waals surface area contributed by atoms with Gasteiger partial charge in [0.2, 0.25) is 0 Å². The molecule has 1 aliphatic heterocycles. The highest BCUT2D eigenvalue weighted by atomic mass is 35.5. The number of halogens is 1. The number of ether oxygens (including phenoxy) is 1. The minimum Gasteiger partial charge on any atom is -0.460 e. The molecule has 0 radical (unpaired) electrons. The molecule has 4 heteroatoms. The number of rotatable bonds is 2. The summed E-state index contributed by atoms with van der Waals surface area (Å²) in [6, 6.07) is 0. The molecule has 1 N–H and O–H groups in total. The normalized spacial score (nSPS) is 24.6. The second kappa shape index (κ2) is 4.57. The van der Waals surface area contributed by atoms with Gasteiger partial charge in [-0.3, -0.25) is 4.79 Å². The summed E-state index contributed by atoms with van der Waals surface area (Å²) in [6.45, 7) is 1.79. The maximum absolute atomic E-state index is 10.7. The smallest absolute Gasteiger partial charge is 0.321 e. The quantitative estimate of drug-likeness (QED) is 0.494. The number of esters is 1. The van der Waals surface area contributed by atoms with Crippen LogP contribution in [0.1, 0.15) is 12.8 Å². The summed E-state index contributed by atoms with van der Waals surface area (Å²) in [6.07, 6.45) is 2.06. The molecule has 0 unspecified atom stereocenters. The second-order valence-electron chi connectivity index (χ2n) is 2.59.